The van der Waals surface area contributed by atoms with Gasteiger partial charge < -0.3 is 10.7 Å². The van der Waals surface area contributed by atoms with Crippen LogP contribution in [0, 0.1) is 6.92 Å². The molecule has 0 fully saturated rings. The Hall–Kier alpha value is -2.08. The molecule has 1 aromatic carbocycles. The summed E-state index contributed by atoms with van der Waals surface area (Å²) in [5.74, 6) is 0. The molecular weight excluding hydrogens is 246 g/mol. The van der Waals surface area contributed by atoms with Crippen molar-refractivity contribution in [3.8, 4) is 0 Å². The van der Waals surface area contributed by atoms with Crippen molar-refractivity contribution in [1.82, 2.24) is 20.2 Å². The molecule has 0 bridgehead atoms. The first-order valence-electron chi connectivity index (χ1n) is 5.44. The normalized spacial score (nSPS) is 10.9. The predicted molar refractivity (Wildman–Crippen MR) is 71.4 cm³/mol. The molecule has 0 unspecified atom stereocenters. The molecule has 0 aliphatic heterocycles. The van der Waals surface area contributed by atoms with Crippen LogP contribution >= 0.6 is 11.8 Å². The summed E-state index contributed by atoms with van der Waals surface area (Å²) in [5, 5.41) is 9.70. The third-order valence-electron chi connectivity index (χ3n) is 2.46. The average molecular weight is 257 g/mol. The van der Waals surface area contributed by atoms with Crippen LogP contribution in [0.5, 0.6) is 0 Å². The maximum Gasteiger partial charge on any atom is 0.172 e. The third-order valence-corrected chi connectivity index (χ3v) is 3.27. The highest BCUT2D eigenvalue weighted by atomic mass is 32.2. The molecule has 3 aromatic rings. The number of nitrogen functional groups attached to an aromatic ring is 1. The van der Waals surface area contributed by atoms with E-state index in [2.05, 4.69) is 20.2 Å². The van der Waals surface area contributed by atoms with Crippen LogP contribution in [0.4, 0.5) is 5.69 Å². The summed E-state index contributed by atoms with van der Waals surface area (Å²) in [4.78, 5) is 7.66. The molecule has 0 aliphatic rings. The Labute approximate surface area is 108 Å². The minimum atomic E-state index is 0.720. The molecule has 90 valence electrons. The maximum absolute atomic E-state index is 5.73. The summed E-state index contributed by atoms with van der Waals surface area (Å²) in [6, 6.07) is 9.45. The van der Waals surface area contributed by atoms with Crippen LogP contribution in [-0.4, -0.2) is 20.2 Å². The summed E-state index contributed by atoms with van der Waals surface area (Å²) in [7, 11) is 0. The lowest BCUT2D eigenvalue weighted by Crippen LogP contribution is -1.87. The zero-order valence-corrected chi connectivity index (χ0v) is 10.5. The number of anilines is 1. The van der Waals surface area contributed by atoms with E-state index in [1.165, 1.54) is 11.8 Å². The van der Waals surface area contributed by atoms with Crippen molar-refractivity contribution in [2.75, 3.05) is 5.73 Å². The van der Waals surface area contributed by atoms with E-state index in [0.717, 1.165) is 32.6 Å². The van der Waals surface area contributed by atoms with Gasteiger partial charge in [0.15, 0.2) is 5.16 Å². The molecule has 0 radical (unpaired) electrons. The van der Waals surface area contributed by atoms with E-state index >= 15 is 0 Å². The fourth-order valence-electron chi connectivity index (χ4n) is 1.59. The predicted octanol–water partition coefficient (Wildman–Crippen LogP) is 2.39. The van der Waals surface area contributed by atoms with E-state index in [1.807, 2.05) is 37.3 Å². The van der Waals surface area contributed by atoms with Gasteiger partial charge in [-0.3, -0.25) is 0 Å². The van der Waals surface area contributed by atoms with Gasteiger partial charge in [-0.05, 0) is 49.0 Å². The first-order valence-corrected chi connectivity index (χ1v) is 6.26. The van der Waals surface area contributed by atoms with Crippen LogP contribution in [0.25, 0.3) is 11.0 Å². The number of H-pyrrole nitrogens is 1. The molecule has 0 amide bonds. The van der Waals surface area contributed by atoms with Gasteiger partial charge in [-0.15, -0.1) is 5.10 Å². The van der Waals surface area contributed by atoms with Crippen LogP contribution < -0.4 is 5.73 Å². The number of fused-ring (bicyclic) bond motifs is 1. The standard InChI is InChI=1S/C12H11N5S/c1-7-2-5-11(17-16-7)18-12-14-9-4-3-8(13)6-10(9)15-12/h2-6H,13H2,1H3,(H,14,15). The molecule has 2 heterocycles. The van der Waals surface area contributed by atoms with E-state index in [4.69, 9.17) is 5.73 Å². The summed E-state index contributed by atoms with van der Waals surface area (Å²) in [6.45, 7) is 1.91. The Morgan fingerprint density at radius 2 is 2.06 bits per heavy atom. The van der Waals surface area contributed by atoms with Gasteiger partial charge in [0.1, 0.15) is 5.03 Å². The number of rotatable bonds is 2. The second-order valence-electron chi connectivity index (χ2n) is 3.93. The zero-order valence-electron chi connectivity index (χ0n) is 9.71. The molecule has 0 spiro atoms. The van der Waals surface area contributed by atoms with Gasteiger partial charge in [0, 0.05) is 5.69 Å². The lowest BCUT2D eigenvalue weighted by molar-refractivity contribution is 0.892. The van der Waals surface area contributed by atoms with E-state index < -0.39 is 0 Å². The Kier molecular flexibility index (Phi) is 2.64. The van der Waals surface area contributed by atoms with Crippen molar-refractivity contribution in [2.45, 2.75) is 17.1 Å². The second-order valence-corrected chi connectivity index (χ2v) is 4.94. The van der Waals surface area contributed by atoms with Crippen molar-refractivity contribution < 1.29 is 0 Å². The van der Waals surface area contributed by atoms with Crippen LogP contribution in [-0.2, 0) is 0 Å². The SMILES string of the molecule is Cc1ccc(Sc2nc3ccc(N)cc3[nH]2)nn1. The number of imidazole rings is 1. The quantitative estimate of drug-likeness (QED) is 0.689. The first-order chi connectivity index (χ1) is 8.70. The zero-order chi connectivity index (χ0) is 12.5. The Balaban J connectivity index is 1.92. The highest BCUT2D eigenvalue weighted by molar-refractivity contribution is 7.99. The minimum Gasteiger partial charge on any atom is -0.399 e. The molecule has 0 saturated heterocycles. The fraction of sp³-hybridized carbons (Fsp3) is 0.0833. The topological polar surface area (TPSA) is 80.5 Å². The van der Waals surface area contributed by atoms with Gasteiger partial charge in [0.05, 0.1) is 16.7 Å². The number of nitrogens with zero attached hydrogens (tertiary/aromatic N) is 3. The van der Waals surface area contributed by atoms with Crippen molar-refractivity contribution in [2.24, 2.45) is 0 Å². The van der Waals surface area contributed by atoms with Crippen molar-refractivity contribution >= 4 is 28.5 Å². The Morgan fingerprint density at radius 3 is 2.83 bits per heavy atom. The van der Waals surface area contributed by atoms with Crippen LogP contribution in [0.15, 0.2) is 40.5 Å². The van der Waals surface area contributed by atoms with Gasteiger partial charge in [-0.1, -0.05) is 0 Å². The fourth-order valence-corrected chi connectivity index (χ4v) is 2.31. The summed E-state index contributed by atoms with van der Waals surface area (Å²) in [6.07, 6.45) is 0. The monoisotopic (exact) mass is 257 g/mol. The first kappa shape index (κ1) is 11.0. The number of benzene rings is 1. The molecule has 0 saturated carbocycles. The van der Waals surface area contributed by atoms with Gasteiger partial charge in [-0.25, -0.2) is 4.98 Å². The molecule has 2 aromatic heterocycles. The second kappa shape index (κ2) is 4.30. The summed E-state index contributed by atoms with van der Waals surface area (Å²) < 4.78 is 0. The van der Waals surface area contributed by atoms with E-state index in [9.17, 15) is 0 Å². The number of aromatic amines is 1. The van der Waals surface area contributed by atoms with Crippen LogP contribution in [0.3, 0.4) is 0 Å². The van der Waals surface area contributed by atoms with Crippen molar-refractivity contribution in [1.29, 1.82) is 0 Å². The van der Waals surface area contributed by atoms with Crippen molar-refractivity contribution in [3.05, 3.63) is 36.0 Å². The number of hydrogen-bond donors (Lipinski definition) is 2. The molecule has 6 heteroatoms. The highest BCUT2D eigenvalue weighted by Gasteiger charge is 2.06. The largest absolute Gasteiger partial charge is 0.399 e. The average Bonchev–Trinajstić information content (AvgIpc) is 2.73. The summed E-state index contributed by atoms with van der Waals surface area (Å²) in [5.41, 5.74) is 9.17. The van der Waals surface area contributed by atoms with Crippen LogP contribution in [0.1, 0.15) is 5.69 Å². The molecule has 18 heavy (non-hydrogen) atoms. The maximum atomic E-state index is 5.73. The Morgan fingerprint density at radius 1 is 1.17 bits per heavy atom. The van der Waals surface area contributed by atoms with Gasteiger partial charge in [0.25, 0.3) is 0 Å². The molecule has 3 rings (SSSR count). The highest BCUT2D eigenvalue weighted by Crippen LogP contribution is 2.25. The van der Waals surface area contributed by atoms with Gasteiger partial charge >= 0.3 is 0 Å². The molecule has 3 N–H and O–H groups in total. The minimum absolute atomic E-state index is 0.720. The summed E-state index contributed by atoms with van der Waals surface area (Å²) >= 11 is 1.45. The van der Waals surface area contributed by atoms with E-state index in [-0.39, 0.29) is 0 Å². The number of nitrogens with two attached hydrogens (primary N) is 1. The van der Waals surface area contributed by atoms with Gasteiger partial charge in [0.2, 0.25) is 0 Å². The van der Waals surface area contributed by atoms with Crippen molar-refractivity contribution in [3.63, 3.8) is 0 Å². The van der Waals surface area contributed by atoms with E-state index in [0.29, 0.717) is 0 Å². The molecule has 0 atom stereocenters. The van der Waals surface area contributed by atoms with Crippen LogP contribution in [0.2, 0.25) is 0 Å². The number of hydrogen-bond acceptors (Lipinski definition) is 5. The lowest BCUT2D eigenvalue weighted by Gasteiger charge is -1.95. The van der Waals surface area contributed by atoms with E-state index in [1.54, 1.807) is 0 Å². The van der Waals surface area contributed by atoms with Gasteiger partial charge in [-0.2, -0.15) is 5.10 Å². The molecule has 0 aliphatic carbocycles. The number of aryl methyl sites for hydroxylation is 1. The Bertz CT molecular complexity index is 689. The molecular formula is C12H11N5S. The smallest absolute Gasteiger partial charge is 0.172 e. The number of aromatic nitrogens is 4. The third kappa shape index (κ3) is 2.14. The number of nitrogens with one attached hydrogen (secondary N) is 1. The molecule has 5 nitrogen and oxygen atoms in total. The lowest BCUT2D eigenvalue weighted by atomic mass is 10.3.